The van der Waals surface area contributed by atoms with Gasteiger partial charge < -0.3 is 4.90 Å². The molecular weight excluding hydrogens is 292 g/mol. The Morgan fingerprint density at radius 3 is 2.74 bits per heavy atom. The molecule has 2 aromatic rings. The van der Waals surface area contributed by atoms with Crippen LogP contribution in [0.25, 0.3) is 0 Å². The summed E-state index contributed by atoms with van der Waals surface area (Å²) in [6, 6.07) is 9.01. The minimum absolute atomic E-state index is 0.156. The van der Waals surface area contributed by atoms with Crippen molar-refractivity contribution >= 4 is 5.69 Å². The monoisotopic (exact) mass is 314 g/mol. The lowest BCUT2D eigenvalue weighted by atomic mass is 9.94. The van der Waals surface area contributed by atoms with Crippen molar-refractivity contribution in [1.29, 1.82) is 0 Å². The molecule has 3 rings (SSSR count). The Morgan fingerprint density at radius 1 is 1.30 bits per heavy atom. The predicted molar refractivity (Wildman–Crippen MR) is 88.4 cm³/mol. The fraction of sp³-hybridized carbons (Fsp3) is 0.471. The highest BCUT2D eigenvalue weighted by Gasteiger charge is 2.23. The number of nitro groups is 1. The van der Waals surface area contributed by atoms with Crippen LogP contribution in [-0.4, -0.2) is 39.2 Å². The Kier molecular flexibility index (Phi) is 4.71. The van der Waals surface area contributed by atoms with Gasteiger partial charge in [0.1, 0.15) is 0 Å². The van der Waals surface area contributed by atoms with Gasteiger partial charge in [-0.25, -0.2) is 0 Å². The highest BCUT2D eigenvalue weighted by atomic mass is 16.6. The maximum absolute atomic E-state index is 10.7. The van der Waals surface area contributed by atoms with Crippen LogP contribution in [0.3, 0.4) is 0 Å². The molecule has 122 valence electrons. The van der Waals surface area contributed by atoms with Crippen molar-refractivity contribution in [2.45, 2.75) is 25.2 Å². The van der Waals surface area contributed by atoms with Gasteiger partial charge in [-0.05, 0) is 37.4 Å². The van der Waals surface area contributed by atoms with E-state index in [0.29, 0.717) is 5.92 Å². The Morgan fingerprint density at radius 2 is 2.09 bits per heavy atom. The summed E-state index contributed by atoms with van der Waals surface area (Å²) in [6.45, 7) is 3.18. The van der Waals surface area contributed by atoms with Gasteiger partial charge in [-0.15, -0.1) is 0 Å². The first-order chi connectivity index (χ1) is 11.1. The largest absolute Gasteiger partial charge is 0.302 e. The number of piperidine rings is 1. The van der Waals surface area contributed by atoms with Gasteiger partial charge in [0.05, 0.1) is 4.92 Å². The lowest BCUT2D eigenvalue weighted by Crippen LogP contribution is -2.36. The van der Waals surface area contributed by atoms with E-state index in [2.05, 4.69) is 16.1 Å². The predicted octanol–water partition coefficient (Wildman–Crippen LogP) is 2.75. The van der Waals surface area contributed by atoms with E-state index in [-0.39, 0.29) is 10.6 Å². The van der Waals surface area contributed by atoms with Gasteiger partial charge in [-0.2, -0.15) is 5.10 Å². The molecule has 2 heterocycles. The number of nitro benzene ring substituents is 1. The normalized spacial score (nSPS) is 18.9. The van der Waals surface area contributed by atoms with Gasteiger partial charge in [0, 0.05) is 50.1 Å². The third-order valence-electron chi connectivity index (χ3n) is 4.65. The van der Waals surface area contributed by atoms with Crippen LogP contribution >= 0.6 is 0 Å². The first-order valence-electron chi connectivity index (χ1n) is 8.07. The van der Waals surface area contributed by atoms with Crippen molar-refractivity contribution in [2.75, 3.05) is 19.6 Å². The molecular formula is C17H22N4O2. The smallest absolute Gasteiger partial charge is 0.269 e. The number of non-ortho nitro benzene ring substituents is 1. The average molecular weight is 314 g/mol. The number of nitrogens with zero attached hydrogens (tertiary/aromatic N) is 4. The second kappa shape index (κ2) is 6.91. The van der Waals surface area contributed by atoms with Gasteiger partial charge in [0.2, 0.25) is 0 Å². The van der Waals surface area contributed by atoms with Crippen molar-refractivity contribution < 1.29 is 4.92 Å². The highest BCUT2D eigenvalue weighted by Crippen LogP contribution is 2.26. The quantitative estimate of drug-likeness (QED) is 0.629. The van der Waals surface area contributed by atoms with Gasteiger partial charge in [-0.1, -0.05) is 12.1 Å². The summed E-state index contributed by atoms with van der Waals surface area (Å²) in [6.07, 6.45) is 5.21. The number of hydrogen-bond acceptors (Lipinski definition) is 4. The summed E-state index contributed by atoms with van der Waals surface area (Å²) in [4.78, 5) is 12.8. The van der Waals surface area contributed by atoms with Gasteiger partial charge >= 0.3 is 0 Å². The second-order valence-corrected chi connectivity index (χ2v) is 6.19. The van der Waals surface area contributed by atoms with Gasteiger partial charge in [0.15, 0.2) is 0 Å². The highest BCUT2D eigenvalue weighted by molar-refractivity contribution is 5.32. The molecule has 1 unspecified atom stereocenters. The zero-order valence-corrected chi connectivity index (χ0v) is 13.4. The molecule has 0 bridgehead atoms. The van der Waals surface area contributed by atoms with Crippen molar-refractivity contribution in [3.8, 4) is 0 Å². The molecule has 1 fully saturated rings. The van der Waals surface area contributed by atoms with Crippen LogP contribution in [-0.2, 0) is 13.5 Å². The standard InChI is InChI=1S/C17H22N4O2/c1-19-17(8-10-18-19)15-3-2-11-20(13-15)12-9-14-4-6-16(7-5-14)21(22)23/h4-8,10,15H,2-3,9,11-13H2,1H3. The molecule has 0 N–H and O–H groups in total. The Bertz CT molecular complexity index is 665. The van der Waals surface area contributed by atoms with Gasteiger partial charge in [-0.3, -0.25) is 14.8 Å². The van der Waals surface area contributed by atoms with E-state index in [9.17, 15) is 10.1 Å². The maximum atomic E-state index is 10.7. The van der Waals surface area contributed by atoms with E-state index in [1.807, 2.05) is 30.1 Å². The molecule has 23 heavy (non-hydrogen) atoms. The summed E-state index contributed by atoms with van der Waals surface area (Å²) in [7, 11) is 2.01. The van der Waals surface area contributed by atoms with Crippen molar-refractivity contribution in [3.63, 3.8) is 0 Å². The first-order valence-corrected chi connectivity index (χ1v) is 8.07. The lowest BCUT2D eigenvalue weighted by Gasteiger charge is -2.32. The van der Waals surface area contributed by atoms with Crippen LogP contribution in [0.5, 0.6) is 0 Å². The minimum Gasteiger partial charge on any atom is -0.302 e. The van der Waals surface area contributed by atoms with Crippen LogP contribution < -0.4 is 0 Å². The molecule has 1 aliphatic rings. The number of likely N-dealkylation sites (tertiary alicyclic amines) is 1. The fourth-order valence-corrected chi connectivity index (χ4v) is 3.36. The van der Waals surface area contributed by atoms with Gasteiger partial charge in [0.25, 0.3) is 5.69 Å². The lowest BCUT2D eigenvalue weighted by molar-refractivity contribution is -0.384. The van der Waals surface area contributed by atoms with Crippen LogP contribution in [0.1, 0.15) is 30.0 Å². The third-order valence-corrected chi connectivity index (χ3v) is 4.65. The molecule has 1 aliphatic heterocycles. The van der Waals surface area contributed by atoms with Crippen LogP contribution in [0.4, 0.5) is 5.69 Å². The zero-order valence-electron chi connectivity index (χ0n) is 13.4. The summed E-state index contributed by atoms with van der Waals surface area (Å²) in [5, 5.41) is 15.0. The summed E-state index contributed by atoms with van der Waals surface area (Å²) in [5.74, 6) is 0.549. The number of rotatable bonds is 5. The van der Waals surface area contributed by atoms with Crippen LogP contribution in [0.2, 0.25) is 0 Å². The molecule has 1 aromatic heterocycles. The van der Waals surface area contributed by atoms with E-state index in [1.54, 1.807) is 12.1 Å². The van der Waals surface area contributed by atoms with E-state index in [4.69, 9.17) is 0 Å². The summed E-state index contributed by atoms with van der Waals surface area (Å²) in [5.41, 5.74) is 2.62. The topological polar surface area (TPSA) is 64.2 Å². The molecule has 0 aliphatic carbocycles. The Labute approximate surface area is 135 Å². The number of aryl methyl sites for hydroxylation is 1. The third kappa shape index (κ3) is 3.76. The number of benzene rings is 1. The number of hydrogen-bond donors (Lipinski definition) is 0. The van der Waals surface area contributed by atoms with E-state index in [1.165, 1.54) is 18.5 Å². The molecule has 6 heteroatoms. The average Bonchev–Trinajstić information content (AvgIpc) is 3.00. The van der Waals surface area contributed by atoms with E-state index >= 15 is 0 Å². The minimum atomic E-state index is -0.354. The molecule has 6 nitrogen and oxygen atoms in total. The van der Waals surface area contributed by atoms with Crippen LogP contribution in [0.15, 0.2) is 36.5 Å². The van der Waals surface area contributed by atoms with Crippen molar-refractivity contribution in [3.05, 3.63) is 57.9 Å². The van der Waals surface area contributed by atoms with Crippen molar-refractivity contribution in [2.24, 2.45) is 7.05 Å². The number of aromatic nitrogens is 2. The van der Waals surface area contributed by atoms with E-state index in [0.717, 1.165) is 31.6 Å². The van der Waals surface area contributed by atoms with E-state index < -0.39 is 0 Å². The Balaban J connectivity index is 1.56. The van der Waals surface area contributed by atoms with Crippen LogP contribution in [0, 0.1) is 10.1 Å². The molecule has 0 radical (unpaired) electrons. The summed E-state index contributed by atoms with van der Waals surface area (Å²) >= 11 is 0. The second-order valence-electron chi connectivity index (χ2n) is 6.19. The molecule has 0 amide bonds. The molecule has 1 atom stereocenters. The fourth-order valence-electron chi connectivity index (χ4n) is 3.36. The summed E-state index contributed by atoms with van der Waals surface area (Å²) < 4.78 is 1.98. The molecule has 1 saturated heterocycles. The SMILES string of the molecule is Cn1nccc1C1CCCN(CCc2ccc([N+](=O)[O-])cc2)C1. The maximum Gasteiger partial charge on any atom is 0.269 e. The first kappa shape index (κ1) is 15.7. The molecule has 0 spiro atoms. The Hall–Kier alpha value is -2.21. The zero-order chi connectivity index (χ0) is 16.2. The molecule has 0 saturated carbocycles. The molecule has 1 aromatic carbocycles. The van der Waals surface area contributed by atoms with Crippen molar-refractivity contribution in [1.82, 2.24) is 14.7 Å².